The normalized spacial score (nSPS) is 24.9. The van der Waals surface area contributed by atoms with E-state index in [0.29, 0.717) is 37.1 Å². The van der Waals surface area contributed by atoms with E-state index >= 15 is 0 Å². The molecule has 3 aliphatic rings. The lowest BCUT2D eigenvalue weighted by Crippen LogP contribution is -2.56. The van der Waals surface area contributed by atoms with Gasteiger partial charge in [-0.3, -0.25) is 0 Å². The number of hydrogen-bond donors (Lipinski definition) is 2. The lowest BCUT2D eigenvalue weighted by atomic mass is 10.1. The summed E-state index contributed by atoms with van der Waals surface area (Å²) in [6.45, 7) is 3.83. The molecule has 0 radical (unpaired) electrons. The number of aromatic amines is 1. The Labute approximate surface area is 182 Å². The SMILES string of the molecule is C[C@@H]1COC[C@H]2COc3c(nc(-c4c(N)cnc5[nH]ccc45)nc3C3([S+](C)[O-])CC3)N21. The number of fused-ring (bicyclic) bond motifs is 4. The Morgan fingerprint density at radius 3 is 2.90 bits per heavy atom. The van der Waals surface area contributed by atoms with Gasteiger partial charge in [-0.25, -0.2) is 15.0 Å². The van der Waals surface area contributed by atoms with Gasteiger partial charge in [0, 0.05) is 24.4 Å². The van der Waals surface area contributed by atoms with Gasteiger partial charge in [-0.1, -0.05) is 0 Å². The van der Waals surface area contributed by atoms with Crippen LogP contribution in [0, 0.1) is 0 Å². The second-order valence-corrected chi connectivity index (χ2v) is 10.3. The summed E-state index contributed by atoms with van der Waals surface area (Å²) in [6, 6.07) is 2.15. The van der Waals surface area contributed by atoms with Crippen molar-refractivity contribution in [2.45, 2.75) is 36.6 Å². The van der Waals surface area contributed by atoms with Gasteiger partial charge < -0.3 is 29.6 Å². The zero-order chi connectivity index (χ0) is 21.3. The van der Waals surface area contributed by atoms with Crippen LogP contribution in [0.15, 0.2) is 18.5 Å². The average molecular weight is 441 g/mol. The van der Waals surface area contributed by atoms with Crippen molar-refractivity contribution in [3.63, 3.8) is 0 Å². The monoisotopic (exact) mass is 440 g/mol. The Morgan fingerprint density at radius 1 is 1.29 bits per heavy atom. The van der Waals surface area contributed by atoms with Gasteiger partial charge in [-0.15, -0.1) is 0 Å². The molecule has 0 bridgehead atoms. The summed E-state index contributed by atoms with van der Waals surface area (Å²) in [5.41, 5.74) is 9.05. The number of nitrogens with two attached hydrogens (primary N) is 1. The molecular weight excluding hydrogens is 416 g/mol. The Morgan fingerprint density at radius 2 is 2.13 bits per heavy atom. The van der Waals surface area contributed by atoms with E-state index in [9.17, 15) is 4.55 Å². The van der Waals surface area contributed by atoms with E-state index in [1.807, 2.05) is 12.3 Å². The van der Waals surface area contributed by atoms with Gasteiger partial charge in [0.2, 0.25) is 0 Å². The molecule has 10 heteroatoms. The van der Waals surface area contributed by atoms with Crippen LogP contribution < -0.4 is 15.4 Å². The van der Waals surface area contributed by atoms with Crippen LogP contribution in [0.5, 0.6) is 5.75 Å². The highest BCUT2D eigenvalue weighted by molar-refractivity contribution is 7.91. The maximum atomic E-state index is 12.8. The molecule has 9 nitrogen and oxygen atoms in total. The number of nitrogens with one attached hydrogen (secondary N) is 1. The minimum Gasteiger partial charge on any atom is -0.616 e. The molecule has 0 amide bonds. The van der Waals surface area contributed by atoms with Gasteiger partial charge in [-0.2, -0.15) is 0 Å². The number of nitrogen functional groups attached to an aromatic ring is 1. The Balaban J connectivity index is 1.63. The van der Waals surface area contributed by atoms with Gasteiger partial charge in [0.05, 0.1) is 49.0 Å². The fraction of sp³-hybridized carbons (Fsp3) is 0.476. The standard InChI is InChI=1S/C21H24N6O3S/c1-11-8-29-9-12-10-30-16-17(21(4-5-21)31(2)28)25-19(26-20(16)27(11)12)15-13-3-6-23-18(13)24-7-14(15)22/h3,6-7,11-12H,4-5,8-10,22H2,1-2H3,(H,23,24)/t11-,12+,31?/m1/s1. The minimum atomic E-state index is -1.08. The van der Waals surface area contributed by atoms with Crippen LogP contribution in [0.1, 0.15) is 25.5 Å². The molecule has 2 fully saturated rings. The van der Waals surface area contributed by atoms with Crippen molar-refractivity contribution < 1.29 is 14.0 Å². The molecule has 3 atom stereocenters. The predicted molar refractivity (Wildman–Crippen MR) is 119 cm³/mol. The van der Waals surface area contributed by atoms with Crippen molar-refractivity contribution in [3.05, 3.63) is 24.2 Å². The van der Waals surface area contributed by atoms with Crippen LogP contribution in [0.4, 0.5) is 11.5 Å². The summed E-state index contributed by atoms with van der Waals surface area (Å²) in [4.78, 5) is 19.7. The molecule has 3 N–H and O–H groups in total. The van der Waals surface area contributed by atoms with Gasteiger partial charge >= 0.3 is 0 Å². The smallest absolute Gasteiger partial charge is 0.189 e. The summed E-state index contributed by atoms with van der Waals surface area (Å²) in [7, 11) is 0. The largest absolute Gasteiger partial charge is 0.616 e. The van der Waals surface area contributed by atoms with Gasteiger partial charge in [0.25, 0.3) is 0 Å². The molecule has 1 unspecified atom stereocenters. The third-order valence-electron chi connectivity index (χ3n) is 6.58. The number of H-pyrrole nitrogens is 1. The zero-order valence-electron chi connectivity index (χ0n) is 17.4. The van der Waals surface area contributed by atoms with Crippen molar-refractivity contribution in [2.75, 3.05) is 36.7 Å². The fourth-order valence-electron chi connectivity index (χ4n) is 4.80. The average Bonchev–Trinajstić information content (AvgIpc) is 3.44. The molecule has 2 aliphatic heterocycles. The van der Waals surface area contributed by atoms with E-state index < -0.39 is 15.9 Å². The number of aromatic nitrogens is 4. The van der Waals surface area contributed by atoms with Crippen LogP contribution in [0.3, 0.4) is 0 Å². The number of nitrogens with zero attached hydrogens (tertiary/aromatic N) is 4. The number of rotatable bonds is 3. The fourth-order valence-corrected chi connectivity index (χ4v) is 5.89. The molecule has 31 heavy (non-hydrogen) atoms. The summed E-state index contributed by atoms with van der Waals surface area (Å²) in [5, 5.41) is 0.858. The van der Waals surface area contributed by atoms with E-state index in [4.69, 9.17) is 25.2 Å². The van der Waals surface area contributed by atoms with Crippen LogP contribution >= 0.6 is 0 Å². The maximum Gasteiger partial charge on any atom is 0.189 e. The number of hydrogen-bond acceptors (Lipinski definition) is 8. The Hall–Kier alpha value is -2.56. The first-order valence-corrected chi connectivity index (χ1v) is 12.0. The maximum absolute atomic E-state index is 12.8. The molecule has 6 rings (SSSR count). The van der Waals surface area contributed by atoms with Gasteiger partial charge in [-0.05, 0) is 24.2 Å². The van der Waals surface area contributed by atoms with Crippen molar-refractivity contribution in [2.24, 2.45) is 0 Å². The second kappa shape index (κ2) is 6.72. The number of anilines is 2. The molecule has 162 valence electrons. The third kappa shape index (κ3) is 2.74. The summed E-state index contributed by atoms with van der Waals surface area (Å²) in [6.07, 6.45) is 6.83. The molecule has 0 spiro atoms. The van der Waals surface area contributed by atoms with E-state index in [1.165, 1.54) is 0 Å². The van der Waals surface area contributed by atoms with Crippen LogP contribution in [0.2, 0.25) is 0 Å². The highest BCUT2D eigenvalue weighted by atomic mass is 32.2. The molecule has 1 aliphatic carbocycles. The summed E-state index contributed by atoms with van der Waals surface area (Å²) in [5.74, 6) is 1.90. The molecule has 0 aromatic carbocycles. The molecule has 1 saturated heterocycles. The van der Waals surface area contributed by atoms with Crippen LogP contribution in [-0.4, -0.2) is 62.6 Å². The van der Waals surface area contributed by atoms with Gasteiger partial charge in [0.1, 0.15) is 17.9 Å². The molecule has 3 aromatic rings. The topological polar surface area (TPSA) is 125 Å². The van der Waals surface area contributed by atoms with Crippen molar-refractivity contribution in [1.29, 1.82) is 0 Å². The number of morpholine rings is 1. The molecule has 5 heterocycles. The van der Waals surface area contributed by atoms with Crippen molar-refractivity contribution in [1.82, 2.24) is 19.9 Å². The van der Waals surface area contributed by atoms with Crippen molar-refractivity contribution in [3.8, 4) is 17.1 Å². The third-order valence-corrected chi connectivity index (χ3v) is 8.28. The number of ether oxygens (including phenoxy) is 2. The summed E-state index contributed by atoms with van der Waals surface area (Å²) >= 11 is -1.08. The molecule has 1 saturated carbocycles. The molecular formula is C21H24N6O3S. The lowest BCUT2D eigenvalue weighted by molar-refractivity contribution is 0.0483. The predicted octanol–water partition coefficient (Wildman–Crippen LogP) is 1.96. The zero-order valence-corrected chi connectivity index (χ0v) is 18.2. The minimum absolute atomic E-state index is 0.0798. The van der Waals surface area contributed by atoms with E-state index in [1.54, 1.807) is 12.5 Å². The van der Waals surface area contributed by atoms with E-state index in [0.717, 1.165) is 41.0 Å². The van der Waals surface area contributed by atoms with Gasteiger partial charge in [0.15, 0.2) is 22.1 Å². The van der Waals surface area contributed by atoms with E-state index in [2.05, 4.69) is 21.8 Å². The summed E-state index contributed by atoms with van der Waals surface area (Å²) < 4.78 is 24.2. The highest BCUT2D eigenvalue weighted by Gasteiger charge is 2.58. The lowest BCUT2D eigenvalue weighted by Gasteiger charge is -2.45. The highest BCUT2D eigenvalue weighted by Crippen LogP contribution is 2.57. The Kier molecular flexibility index (Phi) is 4.15. The van der Waals surface area contributed by atoms with Crippen LogP contribution in [0.25, 0.3) is 22.4 Å². The molecule has 3 aromatic heterocycles. The van der Waals surface area contributed by atoms with E-state index in [-0.39, 0.29) is 12.1 Å². The first-order chi connectivity index (χ1) is 15.0. The first kappa shape index (κ1) is 19.1. The second-order valence-electron chi connectivity index (χ2n) is 8.58. The first-order valence-electron chi connectivity index (χ1n) is 10.5. The van der Waals surface area contributed by atoms with Crippen LogP contribution in [-0.2, 0) is 20.7 Å². The quantitative estimate of drug-likeness (QED) is 0.592. The van der Waals surface area contributed by atoms with Crippen molar-refractivity contribution >= 4 is 33.7 Å². The number of pyridine rings is 1. The Bertz CT molecular complexity index is 1180.